The molecule has 0 radical (unpaired) electrons. The first-order valence-electron chi connectivity index (χ1n) is 12.6. The normalized spacial score (nSPS) is 15.2. The highest BCUT2D eigenvalue weighted by atomic mass is 32.2. The summed E-state index contributed by atoms with van der Waals surface area (Å²) in [5, 5.41) is 7.39. The van der Waals surface area contributed by atoms with Gasteiger partial charge < -0.3 is 10.6 Å². The highest BCUT2D eigenvalue weighted by Crippen LogP contribution is 2.32. The van der Waals surface area contributed by atoms with Crippen molar-refractivity contribution in [2.24, 2.45) is 0 Å². The largest absolute Gasteiger partial charge is 0.351 e. The predicted octanol–water partition coefficient (Wildman–Crippen LogP) is 4.94. The number of halogens is 2. The maximum Gasteiger partial charge on any atom is 0.248 e. The van der Waals surface area contributed by atoms with Crippen LogP contribution in [0.4, 0.5) is 20.2 Å². The van der Waals surface area contributed by atoms with Crippen LogP contribution in [0, 0.1) is 11.6 Å². The molecule has 1 aliphatic carbocycles. The Morgan fingerprint density at radius 1 is 0.923 bits per heavy atom. The minimum absolute atomic E-state index is 0.0110. The Kier molecular flexibility index (Phi) is 9.94. The van der Waals surface area contributed by atoms with Crippen LogP contribution in [-0.2, 0) is 25.2 Å². The first kappa shape index (κ1) is 28.6. The van der Waals surface area contributed by atoms with Gasteiger partial charge in [-0.05, 0) is 72.8 Å². The number of benzene rings is 2. The van der Waals surface area contributed by atoms with E-state index in [2.05, 4.69) is 10.6 Å². The molecule has 2 atom stereocenters. The van der Waals surface area contributed by atoms with E-state index >= 15 is 0 Å². The Balaban J connectivity index is 1.54. The number of nitrogens with one attached hydrogen (secondary N) is 2. The van der Waals surface area contributed by atoms with E-state index in [1.807, 2.05) is 0 Å². The van der Waals surface area contributed by atoms with Gasteiger partial charge in [-0.3, -0.25) is 23.5 Å². The molecule has 1 saturated carbocycles. The molecule has 0 saturated heterocycles. The van der Waals surface area contributed by atoms with E-state index < -0.39 is 51.8 Å². The predicted molar refractivity (Wildman–Crippen MR) is 149 cm³/mol. The number of carbonyl (C=O) groups is 3. The summed E-state index contributed by atoms with van der Waals surface area (Å²) >= 11 is 1.30. The minimum Gasteiger partial charge on any atom is -0.351 e. The lowest BCUT2D eigenvalue weighted by Crippen LogP contribution is -2.48. The van der Waals surface area contributed by atoms with Crippen molar-refractivity contribution in [1.29, 1.82) is 0 Å². The maximum atomic E-state index is 13.8. The van der Waals surface area contributed by atoms with Crippen molar-refractivity contribution in [1.82, 2.24) is 5.32 Å². The monoisotopic (exact) mass is 573 g/mol. The Hall–Kier alpha value is -3.44. The second-order valence-corrected chi connectivity index (χ2v) is 11.7. The molecular weight excluding hydrogens is 544 g/mol. The lowest BCUT2D eigenvalue weighted by molar-refractivity contribution is -0.126. The summed E-state index contributed by atoms with van der Waals surface area (Å²) in [6.45, 7) is 0. The average Bonchev–Trinajstić information content (AvgIpc) is 3.44. The molecule has 0 bridgehead atoms. The number of nitrogens with zero attached hydrogens (tertiary/aromatic N) is 1. The zero-order valence-corrected chi connectivity index (χ0v) is 22.7. The van der Waals surface area contributed by atoms with Crippen LogP contribution in [0.2, 0.25) is 0 Å². The summed E-state index contributed by atoms with van der Waals surface area (Å²) in [5.74, 6) is -3.60. The van der Waals surface area contributed by atoms with Gasteiger partial charge in [0.1, 0.15) is 29.2 Å². The summed E-state index contributed by atoms with van der Waals surface area (Å²) in [7, 11) is -1.92. The van der Waals surface area contributed by atoms with Crippen LogP contribution >= 0.6 is 11.3 Å². The van der Waals surface area contributed by atoms with Gasteiger partial charge in [0.2, 0.25) is 17.7 Å². The molecule has 1 heterocycles. The van der Waals surface area contributed by atoms with E-state index in [4.69, 9.17) is 0 Å². The Morgan fingerprint density at radius 2 is 1.56 bits per heavy atom. The van der Waals surface area contributed by atoms with Gasteiger partial charge >= 0.3 is 0 Å². The molecule has 206 valence electrons. The zero-order chi connectivity index (χ0) is 27.8. The van der Waals surface area contributed by atoms with E-state index in [0.717, 1.165) is 32.1 Å². The lowest BCUT2D eigenvalue weighted by atomic mass is 9.95. The van der Waals surface area contributed by atoms with Gasteiger partial charge in [-0.25, -0.2) is 8.78 Å². The van der Waals surface area contributed by atoms with Gasteiger partial charge in [-0.2, -0.15) is 0 Å². The van der Waals surface area contributed by atoms with Crippen molar-refractivity contribution in [3.63, 3.8) is 0 Å². The van der Waals surface area contributed by atoms with Crippen LogP contribution in [0.25, 0.3) is 0 Å². The Labute approximate surface area is 232 Å². The van der Waals surface area contributed by atoms with Gasteiger partial charge in [0.05, 0.1) is 0 Å². The molecule has 2 N–H and O–H groups in total. The van der Waals surface area contributed by atoms with Crippen molar-refractivity contribution in [3.8, 4) is 0 Å². The molecule has 2 unspecified atom stereocenters. The first-order valence-corrected chi connectivity index (χ1v) is 15.0. The minimum atomic E-state index is -1.92. The summed E-state index contributed by atoms with van der Waals surface area (Å²) in [5.41, 5.74) is 0.598. The first-order chi connectivity index (χ1) is 18.8. The number of amides is 3. The average molecular weight is 574 g/mol. The van der Waals surface area contributed by atoms with Crippen LogP contribution in [0.5, 0.6) is 0 Å². The van der Waals surface area contributed by atoms with Crippen LogP contribution in [0.15, 0.2) is 66.0 Å². The zero-order valence-electron chi connectivity index (χ0n) is 21.1. The standard InChI is InChI=1S/C28H29F2N3O4S2/c29-19-8-12-22(13-9-19)31-25(34)17-39(37)18-26(35)33(23-14-10-20(30)11-15-23)27(24-7-4-16-38-24)28(36)32-21-5-2-1-3-6-21/h4,7-16,21,27H,1-3,5-6,17-18H2,(H,31,34)(H,32,36). The highest BCUT2D eigenvalue weighted by molar-refractivity contribution is 7.86. The summed E-state index contributed by atoms with van der Waals surface area (Å²) in [4.78, 5) is 41.5. The molecule has 3 amide bonds. The fraction of sp³-hybridized carbons (Fsp3) is 0.321. The van der Waals surface area contributed by atoms with E-state index in [1.54, 1.807) is 17.5 Å². The van der Waals surface area contributed by atoms with Gasteiger partial charge in [-0.1, -0.05) is 25.3 Å². The SMILES string of the molecule is O=C(CS(=O)CC(=O)N(c1ccc(F)cc1)C(C(=O)NC1CCCCC1)c1cccs1)Nc1ccc(F)cc1. The Morgan fingerprint density at radius 3 is 2.18 bits per heavy atom. The number of hydrogen-bond donors (Lipinski definition) is 2. The molecule has 7 nitrogen and oxygen atoms in total. The van der Waals surface area contributed by atoms with Crippen molar-refractivity contribution in [2.75, 3.05) is 21.7 Å². The summed E-state index contributed by atoms with van der Waals surface area (Å²) in [6, 6.07) is 12.7. The quantitative estimate of drug-likeness (QED) is 0.359. The molecular formula is C28H29F2N3O4S2. The van der Waals surface area contributed by atoms with Gasteiger partial charge in [0, 0.05) is 33.1 Å². The van der Waals surface area contributed by atoms with Gasteiger partial charge in [0.25, 0.3) is 0 Å². The third kappa shape index (κ3) is 8.03. The van der Waals surface area contributed by atoms with Crippen LogP contribution in [-0.4, -0.2) is 39.5 Å². The third-order valence-electron chi connectivity index (χ3n) is 6.35. The molecule has 1 fully saturated rings. The molecule has 0 aliphatic heterocycles. The molecule has 39 heavy (non-hydrogen) atoms. The van der Waals surface area contributed by atoms with E-state index in [1.165, 1.54) is 64.8 Å². The van der Waals surface area contributed by atoms with E-state index in [0.29, 0.717) is 10.6 Å². The van der Waals surface area contributed by atoms with Crippen LogP contribution < -0.4 is 15.5 Å². The second-order valence-electron chi connectivity index (χ2n) is 9.29. The fourth-order valence-electron chi connectivity index (χ4n) is 4.52. The lowest BCUT2D eigenvalue weighted by Gasteiger charge is -2.32. The number of carbonyl (C=O) groups excluding carboxylic acids is 3. The molecule has 2 aromatic carbocycles. The number of thiophene rings is 1. The fourth-order valence-corrected chi connectivity index (χ4v) is 6.22. The molecule has 0 spiro atoms. The Bertz CT molecular complexity index is 1300. The topological polar surface area (TPSA) is 95.6 Å². The smallest absolute Gasteiger partial charge is 0.248 e. The van der Waals surface area contributed by atoms with Gasteiger partial charge in [0.15, 0.2) is 0 Å². The number of rotatable bonds is 10. The van der Waals surface area contributed by atoms with Crippen molar-refractivity contribution in [3.05, 3.63) is 82.6 Å². The van der Waals surface area contributed by atoms with Crippen LogP contribution in [0.3, 0.4) is 0 Å². The molecule has 4 rings (SSSR count). The maximum absolute atomic E-state index is 13.8. The van der Waals surface area contributed by atoms with Crippen LogP contribution in [0.1, 0.15) is 43.0 Å². The van der Waals surface area contributed by atoms with E-state index in [-0.39, 0.29) is 17.6 Å². The number of hydrogen-bond acceptors (Lipinski definition) is 5. The van der Waals surface area contributed by atoms with E-state index in [9.17, 15) is 27.4 Å². The van der Waals surface area contributed by atoms with Crippen molar-refractivity contribution < 1.29 is 27.4 Å². The molecule has 1 aromatic heterocycles. The third-order valence-corrected chi connectivity index (χ3v) is 8.43. The molecule has 1 aliphatic rings. The number of anilines is 2. The summed E-state index contributed by atoms with van der Waals surface area (Å²) in [6.07, 6.45) is 4.82. The highest BCUT2D eigenvalue weighted by Gasteiger charge is 2.35. The second kappa shape index (κ2) is 13.6. The molecule has 3 aromatic rings. The van der Waals surface area contributed by atoms with Crippen molar-refractivity contribution >= 4 is 51.2 Å². The van der Waals surface area contributed by atoms with Gasteiger partial charge in [-0.15, -0.1) is 11.3 Å². The molecule has 11 heteroatoms. The van der Waals surface area contributed by atoms with Crippen molar-refractivity contribution in [2.45, 2.75) is 44.2 Å². The summed E-state index contributed by atoms with van der Waals surface area (Å²) < 4.78 is 39.8.